The van der Waals surface area contributed by atoms with Gasteiger partial charge in [0, 0.05) is 10.9 Å². The molecule has 1 N–H and O–H groups in total. The molecule has 0 spiro atoms. The van der Waals surface area contributed by atoms with E-state index in [4.69, 9.17) is 21.1 Å². The van der Waals surface area contributed by atoms with E-state index in [2.05, 4.69) is 10.3 Å². The number of anilines is 1. The number of nitrogens with zero attached hydrogens (tertiary/aromatic N) is 2. The molecule has 2 aliphatic heterocycles. The van der Waals surface area contributed by atoms with E-state index in [1.54, 1.807) is 23.6 Å². The number of aromatic nitrogens is 1. The maximum atomic E-state index is 12.9. The van der Waals surface area contributed by atoms with E-state index in [9.17, 15) is 14.4 Å². The second-order valence-electron chi connectivity index (χ2n) is 6.88. The summed E-state index contributed by atoms with van der Waals surface area (Å²) in [6, 6.07) is 9.70. The van der Waals surface area contributed by atoms with E-state index in [0.29, 0.717) is 22.3 Å². The molecule has 1 aromatic heterocycles. The van der Waals surface area contributed by atoms with E-state index in [0.717, 1.165) is 10.5 Å². The maximum Gasteiger partial charge on any atom is 0.261 e. The molecule has 2 aromatic carbocycles. The van der Waals surface area contributed by atoms with E-state index in [1.807, 2.05) is 0 Å². The minimum Gasteiger partial charge on any atom is -0.454 e. The van der Waals surface area contributed by atoms with E-state index >= 15 is 0 Å². The molecule has 0 saturated carbocycles. The normalized spacial score (nSPS) is 14.2. The number of alkyl halides is 1. The zero-order valence-corrected chi connectivity index (χ0v) is 17.5. The molecule has 2 aliphatic rings. The first-order valence-corrected chi connectivity index (χ1v) is 10.7. The lowest BCUT2D eigenvalue weighted by Gasteiger charge is -2.14. The van der Waals surface area contributed by atoms with Crippen molar-refractivity contribution in [3.8, 4) is 11.5 Å². The summed E-state index contributed by atoms with van der Waals surface area (Å²) < 4.78 is 10.6. The highest BCUT2D eigenvalue weighted by atomic mass is 35.5. The van der Waals surface area contributed by atoms with Gasteiger partial charge >= 0.3 is 0 Å². The molecule has 0 fully saturated rings. The lowest BCUT2D eigenvalue weighted by atomic mass is 10.1. The molecule has 0 unspecified atom stereocenters. The van der Waals surface area contributed by atoms with Crippen LogP contribution in [0.15, 0.2) is 41.8 Å². The first-order chi connectivity index (χ1) is 15.0. The Kier molecular flexibility index (Phi) is 4.84. The van der Waals surface area contributed by atoms with Crippen LogP contribution in [0.5, 0.6) is 11.5 Å². The second kappa shape index (κ2) is 7.68. The Morgan fingerprint density at radius 3 is 2.71 bits per heavy atom. The summed E-state index contributed by atoms with van der Waals surface area (Å²) in [5, 5.41) is 4.84. The summed E-state index contributed by atoms with van der Waals surface area (Å²) in [6.07, 6.45) is 0. The molecule has 5 rings (SSSR count). The molecule has 3 amide bonds. The number of rotatable bonds is 5. The van der Waals surface area contributed by atoms with Crippen LogP contribution in [0.2, 0.25) is 0 Å². The number of halogens is 1. The van der Waals surface area contributed by atoms with Crippen molar-refractivity contribution in [1.29, 1.82) is 0 Å². The average molecular weight is 456 g/mol. The summed E-state index contributed by atoms with van der Waals surface area (Å²) >= 11 is 6.99. The van der Waals surface area contributed by atoms with Gasteiger partial charge in [0.15, 0.2) is 16.6 Å². The fourth-order valence-corrected chi connectivity index (χ4v) is 4.33. The van der Waals surface area contributed by atoms with Gasteiger partial charge in [0.2, 0.25) is 6.79 Å². The van der Waals surface area contributed by atoms with Crippen LogP contribution in [-0.4, -0.2) is 34.4 Å². The van der Waals surface area contributed by atoms with Crippen LogP contribution in [0.3, 0.4) is 0 Å². The van der Waals surface area contributed by atoms with Crippen LogP contribution in [-0.2, 0) is 12.4 Å². The summed E-state index contributed by atoms with van der Waals surface area (Å²) in [5.74, 6) is 0.170. The number of hydrogen-bond donors (Lipinski definition) is 1. The molecule has 10 heteroatoms. The maximum absolute atomic E-state index is 12.9. The van der Waals surface area contributed by atoms with Gasteiger partial charge in [-0.3, -0.25) is 24.6 Å². The zero-order chi connectivity index (χ0) is 21.5. The molecule has 0 radical (unpaired) electrons. The summed E-state index contributed by atoms with van der Waals surface area (Å²) in [4.78, 5) is 43.6. The third kappa shape index (κ3) is 3.51. The number of carbonyl (C=O) groups excluding carboxylic acids is 3. The van der Waals surface area contributed by atoms with Crippen LogP contribution in [0, 0.1) is 0 Å². The Morgan fingerprint density at radius 1 is 1.10 bits per heavy atom. The molecule has 31 heavy (non-hydrogen) atoms. The summed E-state index contributed by atoms with van der Waals surface area (Å²) in [5.41, 5.74) is 2.11. The van der Waals surface area contributed by atoms with Crippen molar-refractivity contribution in [3.63, 3.8) is 0 Å². The Hall–Kier alpha value is -3.43. The number of nitrogens with one attached hydrogen (secondary N) is 1. The standard InChI is InChI=1S/C21H14ClN3O5S/c22-7-13-9-31-21(23-13)24-18(26)12-2-3-14-15(6-12)20(28)25(19(14)27)8-11-1-4-16-17(5-11)30-10-29-16/h1-6,9H,7-8,10H2,(H,23,24,26). The quantitative estimate of drug-likeness (QED) is 0.465. The number of fused-ring (bicyclic) bond motifs is 2. The lowest BCUT2D eigenvalue weighted by Crippen LogP contribution is -2.29. The van der Waals surface area contributed by atoms with Gasteiger partial charge < -0.3 is 9.47 Å². The van der Waals surface area contributed by atoms with Crippen LogP contribution >= 0.6 is 22.9 Å². The summed E-state index contributed by atoms with van der Waals surface area (Å²) in [7, 11) is 0. The molecule has 0 bridgehead atoms. The number of amides is 3. The van der Waals surface area contributed by atoms with Crippen molar-refractivity contribution < 1.29 is 23.9 Å². The Balaban J connectivity index is 1.35. The van der Waals surface area contributed by atoms with Gasteiger partial charge in [-0.2, -0.15) is 0 Å². The number of ether oxygens (including phenoxy) is 2. The van der Waals surface area contributed by atoms with Crippen molar-refractivity contribution >= 4 is 45.8 Å². The largest absolute Gasteiger partial charge is 0.454 e. The van der Waals surface area contributed by atoms with Gasteiger partial charge in [0.05, 0.1) is 29.2 Å². The van der Waals surface area contributed by atoms with Crippen LogP contribution < -0.4 is 14.8 Å². The van der Waals surface area contributed by atoms with Crippen molar-refractivity contribution in [2.45, 2.75) is 12.4 Å². The first kappa shape index (κ1) is 19.5. The monoisotopic (exact) mass is 455 g/mol. The SMILES string of the molecule is O=C(Nc1nc(CCl)cs1)c1ccc2c(c1)C(=O)N(Cc1ccc3c(c1)OCO3)C2=O. The van der Waals surface area contributed by atoms with Crippen LogP contribution in [0.4, 0.5) is 5.13 Å². The topological polar surface area (TPSA) is 97.8 Å². The lowest BCUT2D eigenvalue weighted by molar-refractivity contribution is 0.0642. The molecule has 156 valence electrons. The molecular weight excluding hydrogens is 442 g/mol. The Bertz CT molecular complexity index is 1240. The fourth-order valence-electron chi connectivity index (χ4n) is 3.39. The predicted molar refractivity (Wildman–Crippen MR) is 113 cm³/mol. The minimum atomic E-state index is -0.453. The smallest absolute Gasteiger partial charge is 0.261 e. The van der Waals surface area contributed by atoms with Gasteiger partial charge in [0.25, 0.3) is 17.7 Å². The molecule has 0 atom stereocenters. The number of carbonyl (C=O) groups is 3. The fraction of sp³-hybridized carbons (Fsp3) is 0.143. The van der Waals surface area contributed by atoms with Crippen LogP contribution in [0.1, 0.15) is 42.3 Å². The molecule has 0 saturated heterocycles. The number of imide groups is 1. The number of hydrogen-bond acceptors (Lipinski definition) is 7. The molecule has 3 aromatic rings. The zero-order valence-electron chi connectivity index (χ0n) is 15.9. The van der Waals surface area contributed by atoms with Gasteiger partial charge in [-0.15, -0.1) is 22.9 Å². The summed E-state index contributed by atoms with van der Waals surface area (Å²) in [6.45, 7) is 0.232. The van der Waals surface area contributed by atoms with Gasteiger partial charge in [0.1, 0.15) is 0 Å². The second-order valence-corrected chi connectivity index (χ2v) is 8.00. The Labute approximate surface area is 185 Å². The van der Waals surface area contributed by atoms with Crippen LogP contribution in [0.25, 0.3) is 0 Å². The predicted octanol–water partition coefficient (Wildman–Crippen LogP) is 3.66. The average Bonchev–Trinajstić information content (AvgIpc) is 3.49. The van der Waals surface area contributed by atoms with Gasteiger partial charge in [-0.05, 0) is 35.9 Å². The number of benzene rings is 2. The third-order valence-corrected chi connectivity index (χ3v) is 6.00. The highest BCUT2D eigenvalue weighted by Crippen LogP contribution is 2.34. The van der Waals surface area contributed by atoms with E-state index < -0.39 is 17.7 Å². The first-order valence-electron chi connectivity index (χ1n) is 9.24. The van der Waals surface area contributed by atoms with E-state index in [1.165, 1.54) is 29.5 Å². The van der Waals surface area contributed by atoms with Gasteiger partial charge in [-0.25, -0.2) is 4.98 Å². The van der Waals surface area contributed by atoms with Gasteiger partial charge in [-0.1, -0.05) is 6.07 Å². The minimum absolute atomic E-state index is 0.0881. The van der Waals surface area contributed by atoms with E-state index in [-0.39, 0.29) is 35.9 Å². The molecule has 8 nitrogen and oxygen atoms in total. The highest BCUT2D eigenvalue weighted by molar-refractivity contribution is 7.14. The van der Waals surface area contributed by atoms with Crippen molar-refractivity contribution in [1.82, 2.24) is 9.88 Å². The van der Waals surface area contributed by atoms with Crippen molar-refractivity contribution in [2.24, 2.45) is 0 Å². The third-order valence-electron chi connectivity index (χ3n) is 4.92. The molecule has 0 aliphatic carbocycles. The number of thiazole rings is 1. The molecular formula is C21H14ClN3O5S. The Morgan fingerprint density at radius 2 is 1.90 bits per heavy atom. The highest BCUT2D eigenvalue weighted by Gasteiger charge is 2.36. The van der Waals surface area contributed by atoms with Crippen molar-refractivity contribution in [2.75, 3.05) is 12.1 Å². The molecule has 3 heterocycles. The van der Waals surface area contributed by atoms with Crippen molar-refractivity contribution in [3.05, 3.63) is 69.7 Å².